The van der Waals surface area contributed by atoms with Crippen molar-refractivity contribution in [2.24, 2.45) is 0 Å². The van der Waals surface area contributed by atoms with Crippen LogP contribution in [0, 0.1) is 29.9 Å². The van der Waals surface area contributed by atoms with Gasteiger partial charge in [0.25, 0.3) is 11.9 Å². The number of benzene rings is 2. The normalized spacial score (nSPS) is 10.8. The molecule has 0 aliphatic rings. The van der Waals surface area contributed by atoms with Crippen molar-refractivity contribution in [1.29, 1.82) is 5.26 Å². The monoisotopic (exact) mass is 577 g/mol. The molecule has 2 aromatic carbocycles. The summed E-state index contributed by atoms with van der Waals surface area (Å²) in [5.74, 6) is -3.41. The quantitative estimate of drug-likeness (QED) is 0.230. The maximum atomic E-state index is 14.2. The van der Waals surface area contributed by atoms with Crippen LogP contribution in [0.3, 0.4) is 0 Å². The lowest BCUT2D eigenvalue weighted by atomic mass is 10.0. The number of amides is 1. The van der Waals surface area contributed by atoms with E-state index in [1.165, 1.54) is 36.9 Å². The molecule has 7 nitrogen and oxygen atoms in total. The number of hydrogen-bond donors (Lipinski definition) is 2. The van der Waals surface area contributed by atoms with Gasteiger partial charge in [0.1, 0.15) is 11.6 Å². The van der Waals surface area contributed by atoms with Crippen molar-refractivity contribution in [3.63, 3.8) is 0 Å². The minimum atomic E-state index is -0.946. The summed E-state index contributed by atoms with van der Waals surface area (Å²) in [6, 6.07) is 9.82. The number of aromatic nitrogens is 1. The average Bonchev–Trinajstić information content (AvgIpc) is 3.35. The van der Waals surface area contributed by atoms with Crippen LogP contribution in [0.25, 0.3) is 16.7 Å². The number of allylic oxidation sites excluding steroid dienone is 2. The van der Waals surface area contributed by atoms with Gasteiger partial charge in [0.05, 0.1) is 10.9 Å². The van der Waals surface area contributed by atoms with E-state index >= 15 is 0 Å². The number of aryl methyl sites for hydroxylation is 1. The van der Waals surface area contributed by atoms with E-state index in [1.807, 2.05) is 32.4 Å². The number of fused-ring (bicyclic) bond motifs is 1. The molecule has 0 bridgehead atoms. The van der Waals surface area contributed by atoms with E-state index < -0.39 is 28.9 Å². The van der Waals surface area contributed by atoms with Gasteiger partial charge < -0.3 is 14.8 Å². The fourth-order valence-electron chi connectivity index (χ4n) is 2.68. The number of rotatable bonds is 6. The molecule has 11 heteroatoms. The van der Waals surface area contributed by atoms with Gasteiger partial charge in [0.15, 0.2) is 17.2 Å². The molecular formula is C28H33F2N3O4S2. The van der Waals surface area contributed by atoms with Crippen molar-refractivity contribution in [3.8, 4) is 6.07 Å². The van der Waals surface area contributed by atoms with Gasteiger partial charge in [-0.1, -0.05) is 44.7 Å². The number of carboxylic acids is 1. The number of thioether (sulfide) groups is 2. The number of para-hydroxylation sites is 1. The highest BCUT2D eigenvalue weighted by Crippen LogP contribution is 2.27. The Morgan fingerprint density at radius 1 is 1.21 bits per heavy atom. The number of halogens is 2. The fourth-order valence-corrected chi connectivity index (χ4v) is 3.43. The van der Waals surface area contributed by atoms with Gasteiger partial charge in [-0.15, -0.1) is 11.8 Å². The summed E-state index contributed by atoms with van der Waals surface area (Å²) in [4.78, 5) is 25.5. The Hall–Kier alpha value is -3.62. The second-order valence-corrected chi connectivity index (χ2v) is 9.33. The Balaban J connectivity index is 0.00000142. The van der Waals surface area contributed by atoms with Gasteiger partial charge in [-0.3, -0.25) is 9.59 Å². The summed E-state index contributed by atoms with van der Waals surface area (Å²) in [6.45, 7) is 11.9. The first kappa shape index (κ1) is 35.4. The van der Waals surface area contributed by atoms with Crippen LogP contribution in [0.5, 0.6) is 0 Å². The highest BCUT2D eigenvalue weighted by atomic mass is 32.2. The Kier molecular flexibility index (Phi) is 16.9. The second-order valence-electron chi connectivity index (χ2n) is 7.30. The zero-order chi connectivity index (χ0) is 30.1. The number of oxazole rings is 1. The van der Waals surface area contributed by atoms with E-state index in [1.54, 1.807) is 42.3 Å². The molecule has 1 atom stereocenters. The van der Waals surface area contributed by atoms with Crippen LogP contribution in [0.1, 0.15) is 55.1 Å². The topological polar surface area (TPSA) is 116 Å². The number of nitrogens with one attached hydrogen (secondary N) is 1. The van der Waals surface area contributed by atoms with Crippen molar-refractivity contribution in [2.75, 3.05) is 12.5 Å². The summed E-state index contributed by atoms with van der Waals surface area (Å²) in [7, 11) is 0. The SMILES string of the molecule is C=C/C(=C\SC(C)NC(=O)c1nc2cccc(C#N)c2o1)c1ccc(C)c(F)c1F.CC.CC(=O)O.CSC. The van der Waals surface area contributed by atoms with E-state index in [2.05, 4.69) is 16.9 Å². The summed E-state index contributed by atoms with van der Waals surface area (Å²) in [5.41, 5.74) is 1.62. The van der Waals surface area contributed by atoms with Crippen LogP contribution in [-0.4, -0.2) is 39.9 Å². The largest absolute Gasteiger partial charge is 0.481 e. The van der Waals surface area contributed by atoms with E-state index in [0.717, 1.165) is 6.92 Å². The maximum absolute atomic E-state index is 14.2. The summed E-state index contributed by atoms with van der Waals surface area (Å²) in [6.07, 6.45) is 5.50. The van der Waals surface area contributed by atoms with Gasteiger partial charge in [0.2, 0.25) is 0 Å². The molecule has 0 aliphatic heterocycles. The molecule has 210 valence electrons. The lowest BCUT2D eigenvalue weighted by Gasteiger charge is -2.11. The molecule has 3 aromatic rings. The molecule has 2 N–H and O–H groups in total. The van der Waals surface area contributed by atoms with Gasteiger partial charge in [-0.2, -0.15) is 17.0 Å². The molecule has 0 aliphatic carbocycles. The number of hydrogen-bond acceptors (Lipinski definition) is 7. The first-order valence-electron chi connectivity index (χ1n) is 11.6. The fraction of sp³-hybridized carbons (Fsp3) is 0.286. The third kappa shape index (κ3) is 11.3. The van der Waals surface area contributed by atoms with Gasteiger partial charge >= 0.3 is 5.91 Å². The minimum absolute atomic E-state index is 0.0853. The third-order valence-corrected chi connectivity index (χ3v) is 5.19. The Labute approximate surface area is 236 Å². The van der Waals surface area contributed by atoms with Gasteiger partial charge in [0, 0.05) is 12.5 Å². The summed E-state index contributed by atoms with van der Waals surface area (Å²) in [5, 5.41) is 20.4. The highest BCUT2D eigenvalue weighted by Gasteiger charge is 2.18. The lowest BCUT2D eigenvalue weighted by molar-refractivity contribution is -0.134. The lowest BCUT2D eigenvalue weighted by Crippen LogP contribution is -2.30. The van der Waals surface area contributed by atoms with E-state index in [9.17, 15) is 13.6 Å². The zero-order valence-electron chi connectivity index (χ0n) is 23.0. The first-order valence-corrected chi connectivity index (χ1v) is 14.2. The van der Waals surface area contributed by atoms with Crippen molar-refractivity contribution >= 4 is 52.1 Å². The van der Waals surface area contributed by atoms with Crippen molar-refractivity contribution in [2.45, 2.75) is 40.0 Å². The van der Waals surface area contributed by atoms with Gasteiger partial charge in [-0.05, 0) is 55.0 Å². The standard InChI is InChI=1S/C22H17F2N3O2S.C2H4O2.C2H6S.C2H6/c1-4-14(16-9-8-12(2)18(23)19(16)24)11-30-13(3)26-21(28)22-27-17-7-5-6-15(10-25)20(17)29-22;1-2(3)4;1-3-2;1-2/h4-9,11,13H,1H2,2-3H3,(H,26,28);1H3,(H,3,4);1-2H3;1-2H3/b14-11+;;;. The molecule has 0 saturated carbocycles. The molecule has 39 heavy (non-hydrogen) atoms. The van der Waals surface area contributed by atoms with E-state index in [-0.39, 0.29) is 28.2 Å². The van der Waals surface area contributed by atoms with Crippen LogP contribution in [-0.2, 0) is 4.79 Å². The van der Waals surface area contributed by atoms with Crippen LogP contribution < -0.4 is 5.32 Å². The second kappa shape index (κ2) is 18.6. The van der Waals surface area contributed by atoms with Crippen molar-refractivity contribution in [1.82, 2.24) is 10.3 Å². The number of aliphatic carboxylic acids is 1. The average molecular weight is 578 g/mol. The number of carbonyl (C=O) groups is 2. The number of carbonyl (C=O) groups excluding carboxylic acids is 1. The molecule has 1 unspecified atom stereocenters. The van der Waals surface area contributed by atoms with Gasteiger partial charge in [-0.25, -0.2) is 13.8 Å². The van der Waals surface area contributed by atoms with Crippen molar-refractivity contribution in [3.05, 3.63) is 82.6 Å². The number of carboxylic acid groups (broad SMARTS) is 1. The van der Waals surface area contributed by atoms with Crippen molar-refractivity contribution < 1.29 is 27.9 Å². The minimum Gasteiger partial charge on any atom is -0.481 e. The predicted molar refractivity (Wildman–Crippen MR) is 157 cm³/mol. The maximum Gasteiger partial charge on any atom is 0.308 e. The zero-order valence-corrected chi connectivity index (χ0v) is 24.6. The molecule has 0 saturated heterocycles. The molecule has 1 amide bonds. The molecule has 0 fully saturated rings. The molecule has 1 heterocycles. The number of nitrogens with zero attached hydrogens (tertiary/aromatic N) is 2. The Bertz CT molecular complexity index is 1330. The summed E-state index contributed by atoms with van der Waals surface area (Å²) < 4.78 is 33.5. The smallest absolute Gasteiger partial charge is 0.308 e. The summed E-state index contributed by atoms with van der Waals surface area (Å²) >= 11 is 2.93. The predicted octanol–water partition coefficient (Wildman–Crippen LogP) is 7.42. The van der Waals surface area contributed by atoms with E-state index in [4.69, 9.17) is 19.6 Å². The Morgan fingerprint density at radius 2 is 1.79 bits per heavy atom. The molecule has 1 aromatic heterocycles. The number of nitriles is 1. The van der Waals surface area contributed by atoms with Crippen LogP contribution in [0.4, 0.5) is 8.78 Å². The van der Waals surface area contributed by atoms with E-state index in [0.29, 0.717) is 11.1 Å². The highest BCUT2D eigenvalue weighted by molar-refractivity contribution is 8.02. The molecule has 3 rings (SSSR count). The Morgan fingerprint density at radius 3 is 2.33 bits per heavy atom. The van der Waals surface area contributed by atoms with Crippen LogP contribution in [0.15, 0.2) is 52.8 Å². The molecule has 0 spiro atoms. The molecule has 0 radical (unpaired) electrons. The van der Waals surface area contributed by atoms with Crippen LogP contribution in [0.2, 0.25) is 0 Å². The van der Waals surface area contributed by atoms with Crippen LogP contribution >= 0.6 is 23.5 Å². The third-order valence-electron chi connectivity index (χ3n) is 4.27. The molecular weight excluding hydrogens is 544 g/mol. The first-order chi connectivity index (χ1) is 18.5.